The van der Waals surface area contributed by atoms with Gasteiger partial charge in [-0.3, -0.25) is 19.2 Å². The van der Waals surface area contributed by atoms with Crippen molar-refractivity contribution in [1.82, 2.24) is 10.1 Å². The fraction of sp³-hybridized carbons (Fsp3) is 0.294. The summed E-state index contributed by atoms with van der Waals surface area (Å²) in [5, 5.41) is 0.644. The van der Waals surface area contributed by atoms with E-state index in [2.05, 4.69) is 15.9 Å². The van der Waals surface area contributed by atoms with Gasteiger partial charge in [-0.05, 0) is 24.6 Å². The van der Waals surface area contributed by atoms with Gasteiger partial charge in [0.05, 0.1) is 11.1 Å². The van der Waals surface area contributed by atoms with E-state index >= 15 is 0 Å². The van der Waals surface area contributed by atoms with Crippen molar-refractivity contribution in [2.45, 2.75) is 32.6 Å². The number of hydrogen-bond acceptors (Lipinski definition) is 8. The van der Waals surface area contributed by atoms with E-state index in [1.807, 2.05) is 0 Å². The molecule has 0 atom stereocenters. The number of rotatable bonds is 6. The first-order chi connectivity index (χ1) is 13.3. The number of benzene rings is 1. The van der Waals surface area contributed by atoms with Crippen molar-refractivity contribution < 1.29 is 38.4 Å². The summed E-state index contributed by atoms with van der Waals surface area (Å²) in [6.45, 7) is 1.71. The molecule has 0 unspecified atom stereocenters. The molecule has 0 spiro atoms. The minimum Gasteiger partial charge on any atom is -0.325 e. The minimum atomic E-state index is -1.07. The van der Waals surface area contributed by atoms with Gasteiger partial charge < -0.3 is 9.68 Å². The van der Waals surface area contributed by atoms with Crippen LogP contribution < -0.4 is 0 Å². The first-order valence-electron chi connectivity index (χ1n) is 8.15. The normalized spacial score (nSPS) is 13.3. The van der Waals surface area contributed by atoms with Crippen molar-refractivity contribution in [3.8, 4) is 0 Å². The zero-order valence-corrected chi connectivity index (χ0v) is 16.3. The summed E-state index contributed by atoms with van der Waals surface area (Å²) in [7, 11) is 0. The van der Waals surface area contributed by atoms with Crippen LogP contribution in [0.4, 0.5) is 0 Å². The van der Waals surface area contributed by atoms with Crippen LogP contribution in [0.2, 0.25) is 0 Å². The Hall–Kier alpha value is -3.08. The average Bonchev–Trinajstić information content (AvgIpc) is 2.97. The molecule has 1 aromatic rings. The van der Waals surface area contributed by atoms with Crippen LogP contribution in [0, 0.1) is 0 Å². The first-order valence-corrected chi connectivity index (χ1v) is 8.94. The molecule has 1 heterocycles. The van der Waals surface area contributed by atoms with Gasteiger partial charge in [0.2, 0.25) is 0 Å². The van der Waals surface area contributed by atoms with E-state index in [0.717, 1.165) is 6.07 Å². The highest BCUT2D eigenvalue weighted by Gasteiger charge is 2.33. The van der Waals surface area contributed by atoms with Gasteiger partial charge in [0.1, 0.15) is 0 Å². The highest BCUT2D eigenvalue weighted by Crippen LogP contribution is 2.20. The Labute approximate surface area is 167 Å². The van der Waals surface area contributed by atoms with Crippen LogP contribution in [0.1, 0.15) is 53.3 Å². The highest BCUT2D eigenvalue weighted by atomic mass is 79.9. The fourth-order valence-electron chi connectivity index (χ4n) is 2.22. The predicted molar refractivity (Wildman–Crippen MR) is 93.9 cm³/mol. The monoisotopic (exact) mass is 454 g/mol. The third kappa shape index (κ3) is 5.00. The minimum absolute atomic E-state index is 0.0000278. The number of carbonyl (C=O) groups is 6. The summed E-state index contributed by atoms with van der Waals surface area (Å²) in [5.41, 5.74) is -0.331. The number of halogens is 1. The summed E-state index contributed by atoms with van der Waals surface area (Å²) in [6.07, 6.45) is 0.389. The van der Waals surface area contributed by atoms with E-state index in [1.165, 1.54) is 12.1 Å². The lowest BCUT2D eigenvalue weighted by molar-refractivity contribution is -0.173. The first kappa shape index (κ1) is 21.2. The molecular formula is C17H15BrN2O8. The van der Waals surface area contributed by atoms with Gasteiger partial charge in [-0.1, -0.05) is 22.9 Å². The van der Waals surface area contributed by atoms with E-state index in [4.69, 9.17) is 9.68 Å². The molecule has 0 bridgehead atoms. The summed E-state index contributed by atoms with van der Waals surface area (Å²) in [4.78, 5) is 79.7. The van der Waals surface area contributed by atoms with Crippen molar-refractivity contribution >= 4 is 52.0 Å². The van der Waals surface area contributed by atoms with Crippen molar-refractivity contribution in [1.29, 1.82) is 0 Å². The number of hydrogen-bond donors (Lipinski definition) is 0. The fourth-order valence-corrected chi connectivity index (χ4v) is 2.71. The molecular weight excluding hydrogens is 440 g/mol. The van der Waals surface area contributed by atoms with Gasteiger partial charge in [-0.15, -0.1) is 10.1 Å². The Bertz CT molecular complexity index is 838. The van der Waals surface area contributed by atoms with Crippen molar-refractivity contribution in [3.63, 3.8) is 0 Å². The lowest BCUT2D eigenvalue weighted by atomic mass is 10.1. The molecule has 1 fully saturated rings. The smallest absolute Gasteiger partial charge is 0.325 e. The average molecular weight is 455 g/mol. The van der Waals surface area contributed by atoms with Crippen LogP contribution >= 0.6 is 15.9 Å². The summed E-state index contributed by atoms with van der Waals surface area (Å²) in [6, 6.07) is 3.66. The van der Waals surface area contributed by atoms with Gasteiger partial charge in [0.25, 0.3) is 24.1 Å². The Morgan fingerprint density at radius 1 is 1.11 bits per heavy atom. The zero-order chi connectivity index (χ0) is 20.8. The third-order valence-corrected chi connectivity index (χ3v) is 3.99. The summed E-state index contributed by atoms with van der Waals surface area (Å²) in [5.74, 6) is -4.12. The zero-order valence-electron chi connectivity index (χ0n) is 14.7. The SMILES string of the molecule is CCCC(=O)N(C=O)OC(=O)c1cc(Br)cc(C(=O)ON2C(=O)CCC2=O)c1. The number of hydroxylamine groups is 4. The molecule has 1 aliphatic rings. The van der Waals surface area contributed by atoms with Crippen LogP contribution in [0.15, 0.2) is 22.7 Å². The molecule has 0 aromatic heterocycles. The van der Waals surface area contributed by atoms with Gasteiger partial charge in [0, 0.05) is 23.7 Å². The second kappa shape index (κ2) is 9.22. The van der Waals surface area contributed by atoms with E-state index in [-0.39, 0.29) is 46.3 Å². The van der Waals surface area contributed by atoms with Gasteiger partial charge >= 0.3 is 11.9 Å². The molecule has 1 aromatic carbocycles. The molecule has 4 amide bonds. The lowest BCUT2D eigenvalue weighted by Crippen LogP contribution is -2.33. The lowest BCUT2D eigenvalue weighted by Gasteiger charge is -2.15. The predicted octanol–water partition coefficient (Wildman–Crippen LogP) is 1.53. The molecule has 0 saturated carbocycles. The third-order valence-electron chi connectivity index (χ3n) is 3.54. The van der Waals surface area contributed by atoms with E-state index in [0.29, 0.717) is 11.5 Å². The Morgan fingerprint density at radius 2 is 1.68 bits per heavy atom. The van der Waals surface area contributed by atoms with Crippen molar-refractivity contribution in [2.75, 3.05) is 0 Å². The molecule has 1 saturated heterocycles. The molecule has 0 aliphatic carbocycles. The van der Waals surface area contributed by atoms with E-state index in [9.17, 15) is 28.8 Å². The molecule has 148 valence electrons. The molecule has 28 heavy (non-hydrogen) atoms. The van der Waals surface area contributed by atoms with Crippen molar-refractivity contribution in [2.24, 2.45) is 0 Å². The van der Waals surface area contributed by atoms with E-state index in [1.54, 1.807) is 6.92 Å². The number of amides is 4. The highest BCUT2D eigenvalue weighted by molar-refractivity contribution is 9.10. The van der Waals surface area contributed by atoms with Crippen LogP contribution in [0.3, 0.4) is 0 Å². The largest absolute Gasteiger partial charge is 0.363 e. The maximum atomic E-state index is 12.2. The maximum absolute atomic E-state index is 12.2. The van der Waals surface area contributed by atoms with Crippen LogP contribution in [-0.2, 0) is 28.9 Å². The van der Waals surface area contributed by atoms with Crippen molar-refractivity contribution in [3.05, 3.63) is 33.8 Å². The number of imide groups is 2. The molecule has 1 aliphatic heterocycles. The molecule has 0 radical (unpaired) electrons. The second-order valence-corrected chi connectivity index (χ2v) is 6.56. The number of nitrogens with zero attached hydrogens (tertiary/aromatic N) is 2. The van der Waals surface area contributed by atoms with Gasteiger partial charge in [-0.2, -0.15) is 0 Å². The van der Waals surface area contributed by atoms with Gasteiger partial charge in [0.15, 0.2) is 0 Å². The second-order valence-electron chi connectivity index (χ2n) is 5.64. The van der Waals surface area contributed by atoms with Crippen LogP contribution in [0.25, 0.3) is 0 Å². The molecule has 11 heteroatoms. The molecule has 10 nitrogen and oxygen atoms in total. The summed E-state index contributed by atoms with van der Waals surface area (Å²) >= 11 is 3.11. The topological polar surface area (TPSA) is 127 Å². The summed E-state index contributed by atoms with van der Waals surface area (Å²) < 4.78 is 0.283. The molecule has 0 N–H and O–H groups in total. The Morgan fingerprint density at radius 3 is 2.21 bits per heavy atom. The maximum Gasteiger partial charge on any atom is 0.363 e. The Balaban J connectivity index is 2.17. The quantitative estimate of drug-likeness (QED) is 0.359. The van der Waals surface area contributed by atoms with Crippen LogP contribution in [0.5, 0.6) is 0 Å². The van der Waals surface area contributed by atoms with Gasteiger partial charge in [-0.25, -0.2) is 9.59 Å². The molecule has 2 rings (SSSR count). The standard InChI is InChI=1S/C17H15BrN2O8/c1-2-3-13(22)19(9-21)27-16(25)10-6-11(8-12(18)7-10)17(26)28-20-14(23)4-5-15(20)24/h6-9H,2-5H2,1H3. The number of carbonyl (C=O) groups excluding carboxylic acids is 6. The van der Waals surface area contributed by atoms with E-state index < -0.39 is 29.7 Å². The van der Waals surface area contributed by atoms with Crippen LogP contribution in [-0.4, -0.2) is 46.2 Å². The Kier molecular flexibility index (Phi) is 6.99.